The van der Waals surface area contributed by atoms with E-state index in [0.29, 0.717) is 12.4 Å². The van der Waals surface area contributed by atoms with Crippen LogP contribution in [0.4, 0.5) is 0 Å². The summed E-state index contributed by atoms with van der Waals surface area (Å²) >= 11 is 0. The van der Waals surface area contributed by atoms with Gasteiger partial charge < -0.3 is 19.6 Å². The molecule has 0 unspecified atom stereocenters. The molecule has 0 amide bonds. The topological polar surface area (TPSA) is 61.9 Å². The van der Waals surface area contributed by atoms with E-state index in [1.165, 1.54) is 0 Å². The molecule has 2 N–H and O–H groups in total. The number of aliphatic hydroxyl groups is 2. The molecule has 1 aliphatic carbocycles. The van der Waals surface area contributed by atoms with Crippen molar-refractivity contribution in [3.8, 4) is 0 Å². The summed E-state index contributed by atoms with van der Waals surface area (Å²) in [6.45, 7) is -1.93. The van der Waals surface area contributed by atoms with Crippen molar-refractivity contribution in [2.45, 2.75) is 43.6 Å². The summed E-state index contributed by atoms with van der Waals surface area (Å²) in [5.41, 5.74) is 1.91. The molecule has 1 atom stereocenters. The first kappa shape index (κ1) is 22.7. The Morgan fingerprint density at radius 2 is 1.32 bits per heavy atom. The normalized spacial score (nSPS) is 19.8. The lowest BCUT2D eigenvalue weighted by Gasteiger charge is -2.33. The van der Waals surface area contributed by atoms with Crippen LogP contribution >= 0.6 is 0 Å². The third-order valence-corrected chi connectivity index (χ3v) is 7.19. The molecule has 1 aliphatic heterocycles. The summed E-state index contributed by atoms with van der Waals surface area (Å²) < 4.78 is 15.3. The number of β-amino-alcohol motifs (C(OH)–C–C–N with tert-alkyl or cyclic N) is 1. The predicted octanol–water partition coefficient (Wildman–Crippen LogP) is 3.09. The van der Waals surface area contributed by atoms with Crippen LogP contribution in [0.3, 0.4) is 0 Å². The van der Waals surface area contributed by atoms with E-state index in [2.05, 4.69) is 0 Å². The number of hydroxylamine groups is 1. The van der Waals surface area contributed by atoms with Gasteiger partial charge in [0, 0.05) is 0 Å². The fourth-order valence-electron chi connectivity index (χ4n) is 5.36. The Morgan fingerprint density at radius 3 is 1.85 bits per heavy atom. The van der Waals surface area contributed by atoms with E-state index in [1.54, 1.807) is 4.74 Å². The highest BCUT2D eigenvalue weighted by Gasteiger charge is 2.52. The van der Waals surface area contributed by atoms with E-state index < -0.39 is 18.1 Å². The molecule has 0 aromatic heterocycles. The van der Waals surface area contributed by atoms with Crippen molar-refractivity contribution < 1.29 is 24.4 Å². The quantitative estimate of drug-likeness (QED) is 0.423. The third-order valence-electron chi connectivity index (χ3n) is 7.19. The molecule has 0 spiro atoms. The molecule has 0 bridgehead atoms. The van der Waals surface area contributed by atoms with Crippen LogP contribution in [0.1, 0.15) is 43.6 Å². The Balaban J connectivity index is 1.62. The highest BCUT2D eigenvalue weighted by molar-refractivity contribution is 6.93. The van der Waals surface area contributed by atoms with Gasteiger partial charge in [-0.15, -0.1) is 10.9 Å². The average Bonchev–Trinajstić information content (AvgIpc) is 3.26. The van der Waals surface area contributed by atoms with Gasteiger partial charge in [0.15, 0.2) is 0 Å². The molecule has 34 heavy (non-hydrogen) atoms. The van der Waals surface area contributed by atoms with E-state index in [4.69, 9.17) is 9.41 Å². The van der Waals surface area contributed by atoms with Gasteiger partial charge in [-0.1, -0.05) is 110 Å². The molecular weight excluding hydrogens is 425 g/mol. The summed E-state index contributed by atoms with van der Waals surface area (Å²) in [4.78, 5) is 0. The zero-order chi connectivity index (χ0) is 23.4. The minimum Gasteiger partial charge on any atom is -0.624 e. The molecule has 1 heterocycles. The third kappa shape index (κ3) is 4.36. The van der Waals surface area contributed by atoms with Gasteiger partial charge in [0.25, 0.3) is 0 Å². The summed E-state index contributed by atoms with van der Waals surface area (Å²) in [5.74, 6) is 0.130. The van der Waals surface area contributed by atoms with Crippen molar-refractivity contribution >= 4 is 23.4 Å². The average molecular weight is 457 g/mol. The highest BCUT2D eigenvalue weighted by atomic mass is 16.8. The standard InChI is InChI=1S/C28H32BNO4/c31-21-26(23-13-5-1-6-14-23)27-30(22-28(32)19-11-4-12-20-28)34-29(33-27,24-15-7-2-8-16-24)25-17-9-3-10-18-25/h1-3,5-10,13-18,26,31-32H,4,11-12,19-22H2/t26-/m1/s1. The van der Waals surface area contributed by atoms with E-state index in [0.717, 1.165) is 48.6 Å². The Labute approximate surface area is 201 Å². The van der Waals surface area contributed by atoms with Gasteiger partial charge in [-0.2, -0.15) is 0 Å². The Kier molecular flexibility index (Phi) is 6.44. The number of aliphatic hydroxyl groups excluding tert-OH is 1. The minimum absolute atomic E-state index is 0.132. The molecule has 5 rings (SSSR count). The molecule has 5 nitrogen and oxygen atoms in total. The lowest BCUT2D eigenvalue weighted by molar-refractivity contribution is -0.757. The molecular formula is C28H32BNO4. The van der Waals surface area contributed by atoms with Crippen molar-refractivity contribution in [3.05, 3.63) is 96.6 Å². The maximum absolute atomic E-state index is 11.4. The Hall–Kier alpha value is -3.09. The smallest absolute Gasteiger partial charge is 0.472 e. The van der Waals surface area contributed by atoms with Crippen LogP contribution < -0.4 is 10.9 Å². The van der Waals surface area contributed by atoms with Crippen LogP contribution in [0.5, 0.6) is 0 Å². The minimum atomic E-state index is -2.10. The van der Waals surface area contributed by atoms with E-state index in [-0.39, 0.29) is 6.61 Å². The molecule has 1 fully saturated rings. The molecule has 3 aromatic carbocycles. The van der Waals surface area contributed by atoms with Crippen molar-refractivity contribution in [2.24, 2.45) is 0 Å². The number of hydrogen-bond acceptors (Lipinski definition) is 4. The van der Waals surface area contributed by atoms with E-state index >= 15 is 0 Å². The summed E-state index contributed by atoms with van der Waals surface area (Å²) in [6.07, 6.45) is 4.59. The fraction of sp³-hybridized carbons (Fsp3) is 0.321. The van der Waals surface area contributed by atoms with Crippen molar-refractivity contribution in [1.82, 2.24) is 0 Å². The van der Waals surface area contributed by atoms with Gasteiger partial charge >= 0.3 is 12.4 Å². The molecule has 3 aromatic rings. The van der Waals surface area contributed by atoms with Crippen LogP contribution in [-0.4, -0.2) is 46.2 Å². The lowest BCUT2D eigenvalue weighted by atomic mass is 9.46. The zero-order valence-corrected chi connectivity index (χ0v) is 19.4. The zero-order valence-electron chi connectivity index (χ0n) is 19.4. The van der Waals surface area contributed by atoms with Gasteiger partial charge in [0.1, 0.15) is 11.5 Å². The number of nitrogens with zero attached hydrogens (tertiary/aromatic N) is 1. The molecule has 0 radical (unpaired) electrons. The first-order chi connectivity index (χ1) is 16.6. The van der Waals surface area contributed by atoms with Crippen molar-refractivity contribution in [2.75, 3.05) is 13.2 Å². The number of rotatable bonds is 7. The van der Waals surface area contributed by atoms with Crippen LogP contribution in [-0.2, 0) is 9.41 Å². The molecule has 6 heteroatoms. The molecule has 0 saturated heterocycles. The summed E-state index contributed by atoms with van der Waals surface area (Å²) in [7, 11) is 0. The molecule has 176 valence electrons. The fourth-order valence-corrected chi connectivity index (χ4v) is 5.36. The van der Waals surface area contributed by atoms with Crippen LogP contribution in [0, 0.1) is 0 Å². The van der Waals surface area contributed by atoms with E-state index in [1.807, 2.05) is 91.0 Å². The summed E-state index contributed by atoms with van der Waals surface area (Å²) in [5, 5.41) is 21.9. The monoisotopic (exact) mass is 457 g/mol. The maximum Gasteiger partial charge on any atom is 0.472 e. The number of hydrogen-bond donors (Lipinski definition) is 2. The van der Waals surface area contributed by atoms with Crippen molar-refractivity contribution in [3.63, 3.8) is 0 Å². The highest BCUT2D eigenvalue weighted by Crippen LogP contribution is 2.32. The largest absolute Gasteiger partial charge is 0.624 e. The van der Waals surface area contributed by atoms with Gasteiger partial charge in [0.05, 0.1) is 6.61 Å². The summed E-state index contributed by atoms with van der Waals surface area (Å²) in [6, 6.07) is 29.8. The second-order valence-electron chi connectivity index (χ2n) is 9.56. The second-order valence-corrected chi connectivity index (χ2v) is 9.56. The van der Waals surface area contributed by atoms with Gasteiger partial charge in [-0.05, 0) is 23.1 Å². The van der Waals surface area contributed by atoms with Crippen LogP contribution in [0.2, 0.25) is 0 Å². The van der Waals surface area contributed by atoms with Crippen LogP contribution in [0.25, 0.3) is 0 Å². The van der Waals surface area contributed by atoms with Crippen LogP contribution in [0.15, 0.2) is 91.0 Å². The second kappa shape index (κ2) is 9.65. The Morgan fingerprint density at radius 1 is 0.794 bits per heavy atom. The van der Waals surface area contributed by atoms with Crippen molar-refractivity contribution in [1.29, 1.82) is 0 Å². The van der Waals surface area contributed by atoms with Gasteiger partial charge in [-0.25, -0.2) is 0 Å². The first-order valence-corrected chi connectivity index (χ1v) is 12.3. The lowest BCUT2D eigenvalue weighted by Crippen LogP contribution is -2.62. The Bertz CT molecular complexity index is 1080. The SMILES string of the molecule is OC[C@@H](C1=[N+](CC2(O)CCCCC2)O[B-](c2ccccc2)(c2ccccc2)O1)c1ccccc1. The maximum atomic E-state index is 11.4. The van der Waals surface area contributed by atoms with E-state index in [9.17, 15) is 10.2 Å². The van der Waals surface area contributed by atoms with Gasteiger partial charge in [-0.3, -0.25) is 0 Å². The number of benzene rings is 3. The predicted molar refractivity (Wildman–Crippen MR) is 135 cm³/mol. The molecule has 2 aliphatic rings. The first-order valence-electron chi connectivity index (χ1n) is 12.3. The van der Waals surface area contributed by atoms with Gasteiger partial charge in [0.2, 0.25) is 6.54 Å². The molecule has 1 saturated carbocycles.